The summed E-state index contributed by atoms with van der Waals surface area (Å²) >= 11 is 0. The molecule has 0 rings (SSSR count). The monoisotopic (exact) mass is 484 g/mol. The van der Waals surface area contributed by atoms with E-state index in [2.05, 4.69) is 0 Å². The Kier molecular flexibility index (Phi) is 476. The van der Waals surface area contributed by atoms with Crippen LogP contribution in [0, 0.1) is 0 Å². The van der Waals surface area contributed by atoms with Crippen molar-refractivity contribution >= 4 is 111 Å². The molecule has 0 radical (unpaired) electrons. The van der Waals surface area contributed by atoms with Crippen molar-refractivity contribution in [3.05, 3.63) is 0 Å². The minimum Gasteiger partial charge on any atom is -3.00 e. The van der Waals surface area contributed by atoms with E-state index in [0.717, 1.165) is 0 Å². The average Bonchev–Trinajstić information content (AvgIpc) is 0. The zero-order chi connectivity index (χ0) is 0. The van der Waals surface area contributed by atoms with Gasteiger partial charge in [0.25, 0.3) is 0 Å². The molecule has 0 spiro atoms. The van der Waals surface area contributed by atoms with Crippen molar-refractivity contribution in [2.75, 3.05) is 0 Å². The smallest absolute Gasteiger partial charge is 3.00 e. The molecule has 0 heterocycles. The third kappa shape index (κ3) is 39.3. The Morgan fingerprint density at radius 2 is 0.286 bits per heavy atom. The van der Waals surface area contributed by atoms with E-state index in [4.69, 9.17) is 0 Å². The van der Waals surface area contributed by atoms with Gasteiger partial charge in [-0.2, -0.15) is 0 Å². The van der Waals surface area contributed by atoms with Gasteiger partial charge in [-0.3, -0.25) is 0 Å². The molecule has 0 unspecified atom stereocenters. The second kappa shape index (κ2) is 49.6. The van der Waals surface area contributed by atoms with Gasteiger partial charge in [-0.05, 0) is 0 Å². The van der Waals surface area contributed by atoms with E-state index in [1.165, 1.54) is 0 Å². The van der Waals surface area contributed by atoms with Gasteiger partial charge in [0.05, 0.1) is 0 Å². The second-order valence-electron chi connectivity index (χ2n) is 0. The Balaban J connectivity index is 0. The molecule has 7 heteroatoms. The topological polar surface area (TPSA) is 0 Å². The summed E-state index contributed by atoms with van der Waals surface area (Å²) in [5, 5.41) is 0. The third-order valence-electron chi connectivity index (χ3n) is 0. The second-order valence-corrected chi connectivity index (χ2v) is 0. The van der Waals surface area contributed by atoms with Crippen LogP contribution in [0.25, 0.3) is 0 Å². The van der Waals surface area contributed by atoms with E-state index in [9.17, 15) is 0 Å². The fraction of sp³-hybridized carbons (Fsp3) is 0. The van der Waals surface area contributed by atoms with Crippen molar-refractivity contribution in [3.8, 4) is 0 Å². The molecule has 0 fully saturated rings. The van der Waals surface area contributed by atoms with Gasteiger partial charge in [0.2, 0.25) is 0 Å². The largest absolute Gasteiger partial charge is 4.00 e. The normalized spacial score (nSPS) is 0. The standard InChI is InChI=1S/4P.3Sn/q4*-3;3*+4. The average molecular weight is 480 g/mol. The Morgan fingerprint density at radius 1 is 0.286 bits per heavy atom. The first-order valence-corrected chi connectivity index (χ1v) is 0. The molecule has 0 aromatic rings. The van der Waals surface area contributed by atoms with Crippen molar-refractivity contribution in [1.82, 2.24) is 0 Å². The van der Waals surface area contributed by atoms with Crippen LogP contribution in [-0.4, -0.2) is 71.7 Å². The molecular formula is P4Sn3. The van der Waals surface area contributed by atoms with Gasteiger partial charge in [0.15, 0.2) is 0 Å². The summed E-state index contributed by atoms with van der Waals surface area (Å²) in [7, 11) is 0. The minimum atomic E-state index is 0. The van der Waals surface area contributed by atoms with Crippen molar-refractivity contribution in [2.24, 2.45) is 0 Å². The maximum Gasteiger partial charge on any atom is 4.00 e. The molecule has 0 saturated carbocycles. The van der Waals surface area contributed by atoms with E-state index in [1.807, 2.05) is 0 Å². The zero-order valence-electron chi connectivity index (χ0n) is 3.29. The molecule has 0 saturated heterocycles. The quantitative estimate of drug-likeness (QED) is 0.369. The molecule has 0 aromatic carbocycles. The minimum absolute atomic E-state index is 0. The predicted octanol–water partition coefficient (Wildman–Crippen LogP) is 2.30. The van der Waals surface area contributed by atoms with Crippen molar-refractivity contribution in [1.29, 1.82) is 0 Å². The molecule has 0 amide bonds. The van der Waals surface area contributed by atoms with E-state index in [1.54, 1.807) is 0 Å². The van der Waals surface area contributed by atoms with Crippen LogP contribution < -0.4 is 0 Å². The Morgan fingerprint density at radius 3 is 0.286 bits per heavy atom. The molecule has 0 aliphatic rings. The van der Waals surface area contributed by atoms with Crippen LogP contribution in [0.2, 0.25) is 0 Å². The van der Waals surface area contributed by atoms with Crippen LogP contribution in [0.5, 0.6) is 0 Å². The van der Waals surface area contributed by atoms with Crippen LogP contribution in [0.3, 0.4) is 0 Å². The van der Waals surface area contributed by atoms with Crippen molar-refractivity contribution < 1.29 is 0 Å². The summed E-state index contributed by atoms with van der Waals surface area (Å²) in [6.45, 7) is 0. The number of hydrogen-bond acceptors (Lipinski definition) is 0. The van der Waals surface area contributed by atoms with E-state index < -0.39 is 0 Å². The van der Waals surface area contributed by atoms with Gasteiger partial charge in [-0.15, -0.1) is 0 Å². The molecule has 0 nitrogen and oxygen atoms in total. The fourth-order valence-corrected chi connectivity index (χ4v) is 0. The van der Waals surface area contributed by atoms with Gasteiger partial charge >= 0.3 is 71.7 Å². The molecule has 0 aliphatic heterocycles. The van der Waals surface area contributed by atoms with Gasteiger partial charge in [0.1, 0.15) is 0 Å². The first kappa shape index (κ1) is 67.1. The number of rotatable bonds is 0. The van der Waals surface area contributed by atoms with Gasteiger partial charge in [0, 0.05) is 0 Å². The zero-order valence-corrected chi connectivity index (χ0v) is 15.4. The van der Waals surface area contributed by atoms with Crippen LogP contribution in [0.15, 0.2) is 0 Å². The molecule has 0 aromatic heterocycles. The Bertz CT molecular complexity index is 6.90. The molecule has 0 bridgehead atoms. The summed E-state index contributed by atoms with van der Waals surface area (Å²) < 4.78 is 0. The maximum atomic E-state index is 0. The van der Waals surface area contributed by atoms with Crippen molar-refractivity contribution in [2.45, 2.75) is 0 Å². The summed E-state index contributed by atoms with van der Waals surface area (Å²) in [5.41, 5.74) is 0. The SMILES string of the molecule is [P-3].[P-3].[P-3].[P-3].[Sn+4].[Sn+4].[Sn+4]. The fourth-order valence-electron chi connectivity index (χ4n) is 0. The number of hydrogen-bond donors (Lipinski definition) is 0. The van der Waals surface area contributed by atoms with Crippen LogP contribution >= 0.6 is 39.6 Å². The van der Waals surface area contributed by atoms with E-state index >= 15 is 0 Å². The van der Waals surface area contributed by atoms with Crippen LogP contribution in [-0.2, 0) is 0 Å². The summed E-state index contributed by atoms with van der Waals surface area (Å²) in [6.07, 6.45) is 0. The van der Waals surface area contributed by atoms with Gasteiger partial charge in [-0.25, -0.2) is 0 Å². The summed E-state index contributed by atoms with van der Waals surface area (Å²) in [4.78, 5) is 0. The van der Waals surface area contributed by atoms with E-state index in [-0.39, 0.29) is 111 Å². The molecule has 32 valence electrons. The summed E-state index contributed by atoms with van der Waals surface area (Å²) in [5.74, 6) is 0. The first-order valence-electron chi connectivity index (χ1n) is 0. The summed E-state index contributed by atoms with van der Waals surface area (Å²) in [6, 6.07) is 0. The molecule has 0 aliphatic carbocycles. The predicted molar refractivity (Wildman–Crippen MR) is 44.9 cm³/mol. The molecule has 0 atom stereocenters. The van der Waals surface area contributed by atoms with Gasteiger partial charge < -0.3 is 39.6 Å². The van der Waals surface area contributed by atoms with Crippen molar-refractivity contribution in [3.63, 3.8) is 0 Å². The first-order chi connectivity index (χ1) is 0. The third-order valence-corrected chi connectivity index (χ3v) is 0. The van der Waals surface area contributed by atoms with Crippen LogP contribution in [0.1, 0.15) is 0 Å². The van der Waals surface area contributed by atoms with E-state index in [0.29, 0.717) is 0 Å². The van der Waals surface area contributed by atoms with Crippen LogP contribution in [0.4, 0.5) is 0 Å². The van der Waals surface area contributed by atoms with Gasteiger partial charge in [-0.1, -0.05) is 0 Å². The maximum absolute atomic E-state index is 0. The molecule has 7 heavy (non-hydrogen) atoms. The molecular weight excluding hydrogens is 480 g/mol. The Labute approximate surface area is 110 Å². The Hall–Kier alpha value is 4.12. The molecule has 0 N–H and O–H groups in total.